The molecular weight excluding hydrogens is 631 g/mol. The Morgan fingerprint density at radius 2 is 1.00 bits per heavy atom. The van der Waals surface area contributed by atoms with Gasteiger partial charge in [-0.1, -0.05) is 115 Å². The molecule has 0 unspecified atom stereocenters. The monoisotopic (exact) mass is 659 g/mol. The maximum absolute atomic E-state index is 5.45. The summed E-state index contributed by atoms with van der Waals surface area (Å²) in [6, 6.07) is 64.1. The Balaban J connectivity index is 1.10. The van der Waals surface area contributed by atoms with Crippen LogP contribution >= 0.6 is 0 Å². The van der Waals surface area contributed by atoms with Gasteiger partial charge in [-0.25, -0.2) is 4.98 Å². The topological polar surface area (TPSA) is 22.8 Å². The van der Waals surface area contributed by atoms with Gasteiger partial charge in [0.1, 0.15) is 5.82 Å². The Morgan fingerprint density at radius 1 is 0.346 bits per heavy atom. The Morgan fingerprint density at radius 3 is 1.85 bits per heavy atom. The van der Waals surface area contributed by atoms with Gasteiger partial charge in [0.15, 0.2) is 0 Å². The van der Waals surface area contributed by atoms with Crippen LogP contribution in [0.4, 0.5) is 0 Å². The van der Waals surface area contributed by atoms with E-state index >= 15 is 0 Å². The zero-order valence-electron chi connectivity index (χ0n) is 28.1. The molecule has 3 nitrogen and oxygen atoms in total. The van der Waals surface area contributed by atoms with Crippen molar-refractivity contribution in [3.63, 3.8) is 0 Å². The highest BCUT2D eigenvalue weighted by molar-refractivity contribution is 6.22. The average Bonchev–Trinajstić information content (AvgIpc) is 3.84. The van der Waals surface area contributed by atoms with Gasteiger partial charge in [-0.2, -0.15) is 0 Å². The minimum absolute atomic E-state index is 0.932. The van der Waals surface area contributed by atoms with Gasteiger partial charge in [0.05, 0.1) is 27.8 Å². The van der Waals surface area contributed by atoms with Gasteiger partial charge >= 0.3 is 0 Å². The Labute approximate surface area is 299 Å². The standard InChI is InChI=1S/C49H29N3/c1-2-13-34(14-3-1)51-42-19-7-6-16-36(42)40-28-32(21-24-43(40)51)33-22-25-44-41(29-33)48-35-15-5-4-10-30(35)20-26-45(48)52(44)46-27-23-38-37-17-8-11-31-12-9-18-39(47(31)37)49(38)50-46/h1-29H. The fourth-order valence-electron chi connectivity index (χ4n) is 8.98. The van der Waals surface area contributed by atoms with Crippen LogP contribution in [0.3, 0.4) is 0 Å². The quantitative estimate of drug-likeness (QED) is 0.185. The molecule has 11 aromatic rings. The molecule has 52 heavy (non-hydrogen) atoms. The second kappa shape index (κ2) is 10.3. The summed E-state index contributed by atoms with van der Waals surface area (Å²) in [5.74, 6) is 0.932. The third kappa shape index (κ3) is 3.72. The Bertz CT molecular complexity index is 3280. The normalized spacial score (nSPS) is 12.2. The van der Waals surface area contributed by atoms with Crippen LogP contribution in [-0.2, 0) is 0 Å². The molecule has 0 atom stereocenters. The molecule has 0 fully saturated rings. The molecule has 0 bridgehead atoms. The Hall–Kier alpha value is -6.97. The van der Waals surface area contributed by atoms with Gasteiger partial charge in [-0.05, 0) is 98.9 Å². The van der Waals surface area contributed by atoms with Crippen molar-refractivity contribution in [1.29, 1.82) is 0 Å². The maximum Gasteiger partial charge on any atom is 0.138 e. The van der Waals surface area contributed by atoms with Gasteiger partial charge < -0.3 is 4.57 Å². The first-order valence-corrected chi connectivity index (χ1v) is 17.9. The van der Waals surface area contributed by atoms with Crippen molar-refractivity contribution in [2.24, 2.45) is 0 Å². The van der Waals surface area contributed by atoms with Crippen molar-refractivity contribution < 1.29 is 0 Å². The second-order valence-electron chi connectivity index (χ2n) is 13.9. The molecule has 0 saturated carbocycles. The largest absolute Gasteiger partial charge is 0.309 e. The summed E-state index contributed by atoms with van der Waals surface area (Å²) in [7, 11) is 0. The number of nitrogens with zero attached hydrogens (tertiary/aromatic N) is 3. The lowest BCUT2D eigenvalue weighted by atomic mass is 9.99. The zero-order chi connectivity index (χ0) is 33.9. The lowest BCUT2D eigenvalue weighted by molar-refractivity contribution is 1.09. The molecule has 3 heteroatoms. The molecule has 8 aromatic carbocycles. The molecule has 1 aliphatic rings. The molecule has 240 valence electrons. The van der Waals surface area contributed by atoms with E-state index in [4.69, 9.17) is 4.98 Å². The highest BCUT2D eigenvalue weighted by Crippen LogP contribution is 2.47. The average molecular weight is 660 g/mol. The smallest absolute Gasteiger partial charge is 0.138 e. The highest BCUT2D eigenvalue weighted by atomic mass is 15.1. The van der Waals surface area contributed by atoms with Crippen LogP contribution in [-0.4, -0.2) is 14.1 Å². The van der Waals surface area contributed by atoms with E-state index in [9.17, 15) is 0 Å². The van der Waals surface area contributed by atoms with Crippen molar-refractivity contribution in [2.75, 3.05) is 0 Å². The molecule has 0 radical (unpaired) electrons. The predicted octanol–water partition coefficient (Wildman–Crippen LogP) is 12.9. The van der Waals surface area contributed by atoms with Crippen LogP contribution in [0, 0.1) is 0 Å². The first-order chi connectivity index (χ1) is 25.8. The zero-order valence-corrected chi connectivity index (χ0v) is 28.1. The summed E-state index contributed by atoms with van der Waals surface area (Å²) in [5.41, 5.74) is 13.0. The second-order valence-corrected chi connectivity index (χ2v) is 13.9. The summed E-state index contributed by atoms with van der Waals surface area (Å²) in [6.45, 7) is 0. The molecule has 0 amide bonds. The molecular formula is C49H29N3. The first-order valence-electron chi connectivity index (χ1n) is 17.9. The molecule has 3 heterocycles. The van der Waals surface area contributed by atoms with Crippen molar-refractivity contribution >= 4 is 65.2 Å². The fourth-order valence-corrected chi connectivity index (χ4v) is 8.98. The van der Waals surface area contributed by atoms with Crippen LogP contribution in [0.1, 0.15) is 0 Å². The van der Waals surface area contributed by atoms with E-state index in [2.05, 4.69) is 185 Å². The molecule has 1 aliphatic carbocycles. The lowest BCUT2D eigenvalue weighted by Crippen LogP contribution is -1.98. The number of pyridine rings is 1. The number of hydrogen-bond donors (Lipinski definition) is 0. The van der Waals surface area contributed by atoms with E-state index in [1.165, 1.54) is 87.6 Å². The van der Waals surface area contributed by atoms with Gasteiger partial charge in [0, 0.05) is 38.4 Å². The number of rotatable bonds is 3. The van der Waals surface area contributed by atoms with Gasteiger partial charge in [-0.15, -0.1) is 0 Å². The first kappa shape index (κ1) is 27.8. The van der Waals surface area contributed by atoms with E-state index < -0.39 is 0 Å². The van der Waals surface area contributed by atoms with Crippen LogP contribution in [0.5, 0.6) is 0 Å². The van der Waals surface area contributed by atoms with Crippen molar-refractivity contribution in [2.45, 2.75) is 0 Å². The fraction of sp³-hybridized carbons (Fsp3) is 0. The maximum atomic E-state index is 5.45. The third-order valence-electron chi connectivity index (χ3n) is 11.2. The molecule has 0 saturated heterocycles. The number of para-hydroxylation sites is 2. The Kier molecular flexibility index (Phi) is 5.50. The number of aromatic nitrogens is 3. The minimum Gasteiger partial charge on any atom is -0.309 e. The summed E-state index contributed by atoms with van der Waals surface area (Å²) < 4.78 is 4.74. The SMILES string of the molecule is c1ccc(-n2c3ccccc3c3cc(-c4ccc5c(c4)c4c6ccccc6ccc4n5-c4ccc5c(n4)-c4cccc6cccc-5c46)ccc32)cc1. The molecule has 0 aliphatic heterocycles. The van der Waals surface area contributed by atoms with Crippen molar-refractivity contribution in [3.8, 4) is 45.0 Å². The molecule has 0 N–H and O–H groups in total. The van der Waals surface area contributed by atoms with Crippen LogP contribution in [0.2, 0.25) is 0 Å². The van der Waals surface area contributed by atoms with Crippen molar-refractivity contribution in [3.05, 3.63) is 176 Å². The van der Waals surface area contributed by atoms with Crippen LogP contribution in [0.25, 0.3) is 110 Å². The predicted molar refractivity (Wildman–Crippen MR) is 218 cm³/mol. The van der Waals surface area contributed by atoms with Crippen molar-refractivity contribution in [1.82, 2.24) is 14.1 Å². The number of benzene rings is 8. The number of fused-ring (bicyclic) bond motifs is 11. The van der Waals surface area contributed by atoms with E-state index in [0.717, 1.165) is 22.5 Å². The summed E-state index contributed by atoms with van der Waals surface area (Å²) in [4.78, 5) is 5.45. The third-order valence-corrected chi connectivity index (χ3v) is 11.2. The van der Waals surface area contributed by atoms with E-state index in [1.54, 1.807) is 0 Å². The van der Waals surface area contributed by atoms with E-state index in [1.807, 2.05) is 0 Å². The lowest BCUT2D eigenvalue weighted by Gasteiger charge is -2.10. The van der Waals surface area contributed by atoms with Crippen LogP contribution < -0.4 is 0 Å². The number of hydrogen-bond acceptors (Lipinski definition) is 1. The minimum atomic E-state index is 0.932. The van der Waals surface area contributed by atoms with E-state index in [-0.39, 0.29) is 0 Å². The van der Waals surface area contributed by atoms with Gasteiger partial charge in [0.2, 0.25) is 0 Å². The highest BCUT2D eigenvalue weighted by Gasteiger charge is 2.24. The van der Waals surface area contributed by atoms with E-state index in [0.29, 0.717) is 0 Å². The summed E-state index contributed by atoms with van der Waals surface area (Å²) in [5, 5.41) is 10.0. The molecule has 3 aromatic heterocycles. The molecule has 0 spiro atoms. The summed E-state index contributed by atoms with van der Waals surface area (Å²) in [6.07, 6.45) is 0. The summed E-state index contributed by atoms with van der Waals surface area (Å²) >= 11 is 0. The van der Waals surface area contributed by atoms with Gasteiger partial charge in [-0.3, -0.25) is 4.57 Å². The molecule has 12 rings (SSSR count). The van der Waals surface area contributed by atoms with Gasteiger partial charge in [0.25, 0.3) is 0 Å². The van der Waals surface area contributed by atoms with Crippen LogP contribution in [0.15, 0.2) is 176 Å².